The van der Waals surface area contributed by atoms with Gasteiger partial charge in [0.15, 0.2) is 0 Å². The first kappa shape index (κ1) is 14.2. The fraction of sp³-hybridized carbons (Fsp3) is 0.364. The molecule has 2 aromatic heterocycles. The van der Waals surface area contributed by atoms with Crippen LogP contribution in [0.1, 0.15) is 16.0 Å². The van der Waals surface area contributed by atoms with Crippen molar-refractivity contribution < 1.29 is 8.42 Å². The summed E-state index contributed by atoms with van der Waals surface area (Å²) in [4.78, 5) is 0.986. The van der Waals surface area contributed by atoms with Crippen molar-refractivity contribution in [2.24, 2.45) is 12.8 Å². The average Bonchev–Trinajstić information content (AvgIpc) is 2.93. The zero-order valence-electron chi connectivity index (χ0n) is 10.8. The molecular formula is C11H16N4O2S2. The Kier molecular flexibility index (Phi) is 4.04. The molecular weight excluding hydrogens is 284 g/mol. The summed E-state index contributed by atoms with van der Waals surface area (Å²) in [6.07, 6.45) is 3.40. The van der Waals surface area contributed by atoms with Crippen molar-refractivity contribution in [1.82, 2.24) is 14.5 Å². The number of rotatable bonds is 5. The molecule has 0 aromatic carbocycles. The number of hydrogen-bond acceptors (Lipinski definition) is 5. The van der Waals surface area contributed by atoms with E-state index in [1.165, 1.54) is 11.3 Å². The van der Waals surface area contributed by atoms with Gasteiger partial charge in [0.25, 0.3) is 0 Å². The van der Waals surface area contributed by atoms with E-state index in [-0.39, 0.29) is 13.1 Å². The van der Waals surface area contributed by atoms with Crippen molar-refractivity contribution in [2.75, 3.05) is 0 Å². The van der Waals surface area contributed by atoms with Crippen LogP contribution in [0.3, 0.4) is 0 Å². The Hall–Kier alpha value is -1.22. The Bertz CT molecular complexity index is 673. The van der Waals surface area contributed by atoms with Crippen LogP contribution in [0.15, 0.2) is 22.7 Å². The highest BCUT2D eigenvalue weighted by molar-refractivity contribution is 7.89. The molecule has 6 nitrogen and oxygen atoms in total. The highest BCUT2D eigenvalue weighted by atomic mass is 32.2. The number of sulfonamides is 1. The second-order valence-corrected chi connectivity index (χ2v) is 6.89. The highest BCUT2D eigenvalue weighted by Gasteiger charge is 2.22. The normalized spacial score (nSPS) is 11.9. The largest absolute Gasteiger partial charge is 0.326 e. The smallest absolute Gasteiger partial charge is 0.242 e. The zero-order valence-corrected chi connectivity index (χ0v) is 12.4. The summed E-state index contributed by atoms with van der Waals surface area (Å²) in [5.74, 6) is 0. The van der Waals surface area contributed by atoms with Crippen LogP contribution in [0.5, 0.6) is 0 Å². The second kappa shape index (κ2) is 5.41. The molecule has 104 valence electrons. The summed E-state index contributed by atoms with van der Waals surface area (Å²) >= 11 is 1.37. The Morgan fingerprint density at radius 2 is 2.26 bits per heavy atom. The SMILES string of the molecule is Cc1csc(CN)c1S(=O)(=O)NCc1cnn(C)c1. The number of aromatic nitrogens is 2. The highest BCUT2D eigenvalue weighted by Crippen LogP contribution is 2.26. The Morgan fingerprint density at radius 1 is 1.53 bits per heavy atom. The van der Waals surface area contributed by atoms with Crippen LogP contribution < -0.4 is 10.5 Å². The number of nitrogens with zero attached hydrogens (tertiary/aromatic N) is 2. The van der Waals surface area contributed by atoms with E-state index >= 15 is 0 Å². The fourth-order valence-corrected chi connectivity index (χ4v) is 4.52. The van der Waals surface area contributed by atoms with Gasteiger partial charge in [0.05, 0.1) is 6.20 Å². The van der Waals surface area contributed by atoms with E-state index < -0.39 is 10.0 Å². The molecule has 0 saturated carbocycles. The van der Waals surface area contributed by atoms with Crippen LogP contribution in [-0.2, 0) is 30.2 Å². The molecule has 0 aliphatic carbocycles. The summed E-state index contributed by atoms with van der Waals surface area (Å²) in [5.41, 5.74) is 7.12. The first-order valence-electron chi connectivity index (χ1n) is 5.68. The summed E-state index contributed by atoms with van der Waals surface area (Å²) in [6, 6.07) is 0. The van der Waals surface area contributed by atoms with Crippen molar-refractivity contribution in [3.63, 3.8) is 0 Å². The van der Waals surface area contributed by atoms with Crippen LogP contribution in [0.25, 0.3) is 0 Å². The predicted octanol–water partition coefficient (Wildman–Crippen LogP) is 0.727. The lowest BCUT2D eigenvalue weighted by atomic mass is 10.3. The Labute approximate surface area is 116 Å². The predicted molar refractivity (Wildman–Crippen MR) is 74.2 cm³/mol. The monoisotopic (exact) mass is 300 g/mol. The third-order valence-corrected chi connectivity index (χ3v) is 5.55. The van der Waals surface area contributed by atoms with Gasteiger partial charge in [-0.1, -0.05) is 0 Å². The maximum atomic E-state index is 12.3. The molecule has 2 heterocycles. The van der Waals surface area contributed by atoms with E-state index in [0.29, 0.717) is 9.77 Å². The summed E-state index contributed by atoms with van der Waals surface area (Å²) in [7, 11) is -1.75. The van der Waals surface area contributed by atoms with E-state index in [4.69, 9.17) is 5.73 Å². The minimum atomic E-state index is -3.54. The molecule has 0 bridgehead atoms. The number of nitrogens with one attached hydrogen (secondary N) is 1. The van der Waals surface area contributed by atoms with Gasteiger partial charge >= 0.3 is 0 Å². The molecule has 0 amide bonds. The molecule has 0 saturated heterocycles. The second-order valence-electron chi connectivity index (χ2n) is 4.22. The van der Waals surface area contributed by atoms with Crippen LogP contribution in [-0.4, -0.2) is 18.2 Å². The Balaban J connectivity index is 2.20. The maximum absolute atomic E-state index is 12.3. The molecule has 19 heavy (non-hydrogen) atoms. The Morgan fingerprint density at radius 3 is 2.84 bits per heavy atom. The van der Waals surface area contributed by atoms with Crippen LogP contribution in [0, 0.1) is 6.92 Å². The van der Waals surface area contributed by atoms with E-state index in [0.717, 1.165) is 11.1 Å². The average molecular weight is 300 g/mol. The third-order valence-electron chi connectivity index (χ3n) is 2.67. The first-order chi connectivity index (χ1) is 8.94. The fourth-order valence-electron chi connectivity index (χ4n) is 1.80. The van der Waals surface area contributed by atoms with E-state index in [1.807, 2.05) is 0 Å². The zero-order chi connectivity index (χ0) is 14.0. The van der Waals surface area contributed by atoms with Gasteiger partial charge < -0.3 is 5.73 Å². The summed E-state index contributed by atoms with van der Waals surface area (Å²) in [6.45, 7) is 2.21. The lowest BCUT2D eigenvalue weighted by molar-refractivity contribution is 0.580. The standard InChI is InChI=1S/C11H16N4O2S2/c1-8-7-18-10(3-12)11(8)19(16,17)14-5-9-4-13-15(2)6-9/h4,6-7,14H,3,5,12H2,1-2H3. The molecule has 0 spiro atoms. The minimum absolute atomic E-state index is 0.218. The number of nitrogens with two attached hydrogens (primary N) is 1. The quantitative estimate of drug-likeness (QED) is 0.851. The topological polar surface area (TPSA) is 90.0 Å². The van der Waals surface area contributed by atoms with Gasteiger partial charge in [-0.15, -0.1) is 11.3 Å². The maximum Gasteiger partial charge on any atom is 0.242 e. The lowest BCUT2D eigenvalue weighted by Crippen LogP contribution is -2.24. The number of thiophene rings is 1. The third kappa shape index (κ3) is 3.03. The van der Waals surface area contributed by atoms with Crippen molar-refractivity contribution >= 4 is 21.4 Å². The molecule has 8 heteroatoms. The van der Waals surface area contributed by atoms with Gasteiger partial charge in [0.1, 0.15) is 4.90 Å². The van der Waals surface area contributed by atoms with Crippen LogP contribution in [0.4, 0.5) is 0 Å². The van der Waals surface area contributed by atoms with Gasteiger partial charge in [0, 0.05) is 36.8 Å². The van der Waals surface area contributed by atoms with Crippen LogP contribution >= 0.6 is 11.3 Å². The molecule has 0 atom stereocenters. The van der Waals surface area contributed by atoms with E-state index in [2.05, 4.69) is 9.82 Å². The first-order valence-corrected chi connectivity index (χ1v) is 8.04. The van der Waals surface area contributed by atoms with E-state index in [9.17, 15) is 8.42 Å². The van der Waals surface area contributed by atoms with Crippen molar-refractivity contribution in [2.45, 2.75) is 24.9 Å². The molecule has 3 N–H and O–H groups in total. The summed E-state index contributed by atoms with van der Waals surface area (Å²) < 4.78 is 28.8. The van der Waals surface area contributed by atoms with Gasteiger partial charge in [-0.05, 0) is 17.9 Å². The molecule has 0 fully saturated rings. The molecule has 0 radical (unpaired) electrons. The molecule has 0 aliphatic rings. The van der Waals surface area contributed by atoms with Crippen molar-refractivity contribution in [3.05, 3.63) is 33.8 Å². The van der Waals surface area contributed by atoms with Gasteiger partial charge in [-0.2, -0.15) is 5.10 Å². The summed E-state index contributed by atoms with van der Waals surface area (Å²) in [5, 5.41) is 5.80. The van der Waals surface area contributed by atoms with Gasteiger partial charge in [-0.25, -0.2) is 13.1 Å². The number of hydrogen-bond donors (Lipinski definition) is 2. The molecule has 0 aliphatic heterocycles. The van der Waals surface area contributed by atoms with Crippen molar-refractivity contribution in [1.29, 1.82) is 0 Å². The molecule has 2 rings (SSSR count). The van der Waals surface area contributed by atoms with Crippen molar-refractivity contribution in [3.8, 4) is 0 Å². The van der Waals surface area contributed by atoms with Crippen LogP contribution in [0.2, 0.25) is 0 Å². The molecule has 0 unspecified atom stereocenters. The number of aryl methyl sites for hydroxylation is 2. The molecule has 2 aromatic rings. The lowest BCUT2D eigenvalue weighted by Gasteiger charge is -2.07. The van der Waals surface area contributed by atoms with Gasteiger partial charge in [-0.3, -0.25) is 4.68 Å². The van der Waals surface area contributed by atoms with Gasteiger partial charge in [0.2, 0.25) is 10.0 Å². The van der Waals surface area contributed by atoms with E-state index in [1.54, 1.807) is 36.4 Å². The minimum Gasteiger partial charge on any atom is -0.326 e.